The molecule has 0 aliphatic rings. The highest BCUT2D eigenvalue weighted by Crippen LogP contribution is 2.22. The van der Waals surface area contributed by atoms with Crippen molar-refractivity contribution >= 4 is 23.1 Å². The van der Waals surface area contributed by atoms with Crippen molar-refractivity contribution in [1.82, 2.24) is 9.78 Å². The average Bonchev–Trinajstić information content (AvgIpc) is 3.44. The van der Waals surface area contributed by atoms with Crippen molar-refractivity contribution in [3.8, 4) is 11.3 Å². The van der Waals surface area contributed by atoms with Crippen molar-refractivity contribution in [1.29, 1.82) is 0 Å². The molecule has 3 heterocycles. The monoisotopic (exact) mass is 377 g/mol. The number of nitrogens with one attached hydrogen (secondary N) is 1. The first-order chi connectivity index (χ1) is 13.3. The molecule has 0 spiro atoms. The van der Waals surface area contributed by atoms with Crippen LogP contribution in [-0.4, -0.2) is 15.7 Å². The minimum Gasteiger partial charge on any atom is -0.461 e. The molecule has 5 nitrogen and oxygen atoms in total. The fraction of sp³-hybridized carbons (Fsp3) is 0.143. The maximum atomic E-state index is 12.3. The molecule has 0 radical (unpaired) electrons. The van der Waals surface area contributed by atoms with Crippen LogP contribution in [0.5, 0.6) is 0 Å². The first-order valence-electron chi connectivity index (χ1n) is 8.76. The van der Waals surface area contributed by atoms with Crippen LogP contribution < -0.4 is 5.32 Å². The molecule has 1 N–H and O–H groups in total. The number of anilines is 1. The second kappa shape index (κ2) is 8.05. The molecule has 4 rings (SSSR count). The Morgan fingerprint density at radius 2 is 1.96 bits per heavy atom. The molecular weight excluding hydrogens is 358 g/mol. The number of hydrogen-bond donors (Lipinski definition) is 1. The number of aryl methyl sites for hydroxylation is 1. The number of carbonyl (C=O) groups is 1. The van der Waals surface area contributed by atoms with E-state index < -0.39 is 0 Å². The summed E-state index contributed by atoms with van der Waals surface area (Å²) in [6.07, 6.45) is 2.60. The van der Waals surface area contributed by atoms with Crippen LogP contribution in [0.2, 0.25) is 0 Å². The van der Waals surface area contributed by atoms with Crippen LogP contribution in [0.3, 0.4) is 0 Å². The lowest BCUT2D eigenvalue weighted by Crippen LogP contribution is -2.16. The number of benzene rings is 1. The van der Waals surface area contributed by atoms with E-state index in [1.54, 1.807) is 22.2 Å². The second-order valence-electron chi connectivity index (χ2n) is 6.13. The minimum atomic E-state index is -0.0550. The highest BCUT2D eigenvalue weighted by Gasteiger charge is 2.10. The number of aromatic nitrogens is 2. The molecule has 1 amide bonds. The molecule has 0 aliphatic carbocycles. The van der Waals surface area contributed by atoms with Gasteiger partial charge >= 0.3 is 0 Å². The Kier molecular flexibility index (Phi) is 5.16. The van der Waals surface area contributed by atoms with Crippen LogP contribution in [0.15, 0.2) is 76.7 Å². The van der Waals surface area contributed by atoms with E-state index >= 15 is 0 Å². The highest BCUT2D eigenvalue weighted by atomic mass is 32.1. The molecule has 0 saturated heterocycles. The fourth-order valence-electron chi connectivity index (χ4n) is 2.83. The second-order valence-corrected chi connectivity index (χ2v) is 7.17. The molecule has 0 atom stereocenters. The number of nitrogens with zero attached hydrogens (tertiary/aromatic N) is 2. The SMILES string of the molecule is O=C(CCc1ccc(-c2ccccc2)o1)Nc1ccnn1Cc1cccs1. The number of hydrogen-bond acceptors (Lipinski definition) is 4. The van der Waals surface area contributed by atoms with E-state index in [0.717, 1.165) is 17.1 Å². The van der Waals surface area contributed by atoms with E-state index in [0.29, 0.717) is 25.2 Å². The Bertz CT molecular complexity index is 1000. The van der Waals surface area contributed by atoms with E-state index in [2.05, 4.69) is 16.5 Å². The van der Waals surface area contributed by atoms with Crippen LogP contribution in [0.1, 0.15) is 17.1 Å². The van der Waals surface area contributed by atoms with Crippen molar-refractivity contribution in [2.24, 2.45) is 0 Å². The van der Waals surface area contributed by atoms with Gasteiger partial charge in [-0.3, -0.25) is 4.79 Å². The van der Waals surface area contributed by atoms with Crippen LogP contribution in [0.4, 0.5) is 5.82 Å². The molecule has 6 heteroatoms. The Morgan fingerprint density at radius 3 is 2.78 bits per heavy atom. The van der Waals surface area contributed by atoms with Gasteiger partial charge in [-0.2, -0.15) is 5.10 Å². The zero-order chi connectivity index (χ0) is 18.5. The predicted molar refractivity (Wildman–Crippen MR) is 107 cm³/mol. The van der Waals surface area contributed by atoms with Crippen LogP contribution >= 0.6 is 11.3 Å². The van der Waals surface area contributed by atoms with E-state index in [-0.39, 0.29) is 5.91 Å². The summed E-state index contributed by atoms with van der Waals surface area (Å²) in [7, 11) is 0. The van der Waals surface area contributed by atoms with E-state index in [4.69, 9.17) is 4.42 Å². The zero-order valence-electron chi connectivity index (χ0n) is 14.7. The molecule has 1 aromatic carbocycles. The molecule has 0 bridgehead atoms. The van der Waals surface area contributed by atoms with Gasteiger partial charge in [-0.05, 0) is 23.6 Å². The van der Waals surface area contributed by atoms with Gasteiger partial charge in [0.05, 0.1) is 12.7 Å². The fourth-order valence-corrected chi connectivity index (χ4v) is 3.51. The summed E-state index contributed by atoms with van der Waals surface area (Å²) in [6, 6.07) is 19.7. The lowest BCUT2D eigenvalue weighted by molar-refractivity contribution is -0.116. The van der Waals surface area contributed by atoms with E-state index in [1.807, 2.05) is 60.0 Å². The van der Waals surface area contributed by atoms with Crippen molar-refractivity contribution in [3.05, 3.63) is 82.9 Å². The lowest BCUT2D eigenvalue weighted by atomic mass is 10.2. The minimum absolute atomic E-state index is 0.0550. The summed E-state index contributed by atoms with van der Waals surface area (Å²) in [4.78, 5) is 13.5. The summed E-state index contributed by atoms with van der Waals surface area (Å²) >= 11 is 1.67. The largest absolute Gasteiger partial charge is 0.461 e. The zero-order valence-corrected chi connectivity index (χ0v) is 15.5. The Balaban J connectivity index is 1.33. The molecule has 136 valence electrons. The van der Waals surface area contributed by atoms with Gasteiger partial charge in [0.15, 0.2) is 0 Å². The van der Waals surface area contributed by atoms with Crippen molar-refractivity contribution in [2.75, 3.05) is 5.32 Å². The third-order valence-electron chi connectivity index (χ3n) is 4.19. The van der Waals surface area contributed by atoms with Crippen molar-refractivity contribution in [3.63, 3.8) is 0 Å². The topological polar surface area (TPSA) is 60.1 Å². The van der Waals surface area contributed by atoms with Crippen molar-refractivity contribution < 1.29 is 9.21 Å². The van der Waals surface area contributed by atoms with Crippen LogP contribution in [0, 0.1) is 0 Å². The first kappa shape index (κ1) is 17.3. The van der Waals surface area contributed by atoms with Gasteiger partial charge in [-0.15, -0.1) is 11.3 Å². The van der Waals surface area contributed by atoms with Gasteiger partial charge in [0.1, 0.15) is 17.3 Å². The third-order valence-corrected chi connectivity index (χ3v) is 5.05. The molecule has 27 heavy (non-hydrogen) atoms. The average molecular weight is 377 g/mol. The maximum absolute atomic E-state index is 12.3. The van der Waals surface area contributed by atoms with Gasteiger partial charge in [0.25, 0.3) is 0 Å². The van der Waals surface area contributed by atoms with Gasteiger partial charge in [-0.25, -0.2) is 4.68 Å². The number of carbonyl (C=O) groups excluding carboxylic acids is 1. The highest BCUT2D eigenvalue weighted by molar-refractivity contribution is 7.09. The smallest absolute Gasteiger partial charge is 0.225 e. The Hall–Kier alpha value is -3.12. The Morgan fingerprint density at radius 1 is 1.07 bits per heavy atom. The molecular formula is C21H19N3O2S. The van der Waals surface area contributed by atoms with E-state index in [1.165, 1.54) is 4.88 Å². The normalized spacial score (nSPS) is 10.8. The van der Waals surface area contributed by atoms with Crippen LogP contribution in [0.25, 0.3) is 11.3 Å². The number of furan rings is 1. The summed E-state index contributed by atoms with van der Waals surface area (Å²) in [6.45, 7) is 0.652. The molecule has 0 saturated carbocycles. The standard InChI is InChI=1S/C21H19N3O2S/c25-21(23-20-12-13-22-24(20)15-18-7-4-14-27-18)11-9-17-8-10-19(26-17)16-5-2-1-3-6-16/h1-8,10,12-14H,9,11,15H2,(H,23,25). The summed E-state index contributed by atoms with van der Waals surface area (Å²) in [5.74, 6) is 2.27. The maximum Gasteiger partial charge on any atom is 0.225 e. The number of thiophene rings is 1. The predicted octanol–water partition coefficient (Wildman–Crippen LogP) is 4.82. The Labute approximate surface area is 161 Å². The summed E-state index contributed by atoms with van der Waals surface area (Å²) < 4.78 is 7.65. The first-order valence-corrected chi connectivity index (χ1v) is 9.64. The van der Waals surface area contributed by atoms with E-state index in [9.17, 15) is 4.79 Å². The quantitative estimate of drug-likeness (QED) is 0.502. The molecule has 0 aliphatic heterocycles. The van der Waals surface area contributed by atoms with Gasteiger partial charge in [0.2, 0.25) is 5.91 Å². The molecule has 0 unspecified atom stereocenters. The third kappa shape index (κ3) is 4.35. The van der Waals surface area contributed by atoms with Gasteiger partial charge in [-0.1, -0.05) is 36.4 Å². The molecule has 0 fully saturated rings. The van der Waals surface area contributed by atoms with Gasteiger partial charge in [0, 0.05) is 29.3 Å². The number of rotatable bonds is 7. The van der Waals surface area contributed by atoms with Gasteiger partial charge < -0.3 is 9.73 Å². The summed E-state index contributed by atoms with van der Waals surface area (Å²) in [5, 5.41) is 9.26. The number of amides is 1. The molecule has 3 aromatic heterocycles. The summed E-state index contributed by atoms with van der Waals surface area (Å²) in [5.41, 5.74) is 1.03. The molecule has 4 aromatic rings. The van der Waals surface area contributed by atoms with Crippen LogP contribution in [-0.2, 0) is 17.8 Å². The van der Waals surface area contributed by atoms with Crippen molar-refractivity contribution in [2.45, 2.75) is 19.4 Å². The lowest BCUT2D eigenvalue weighted by Gasteiger charge is -2.07.